The summed E-state index contributed by atoms with van der Waals surface area (Å²) in [6, 6.07) is 7.87. The second kappa shape index (κ2) is 8.47. The molecule has 1 heterocycles. The summed E-state index contributed by atoms with van der Waals surface area (Å²) in [5.41, 5.74) is 4.81. The fourth-order valence-electron chi connectivity index (χ4n) is 2.49. The molecule has 0 unspecified atom stereocenters. The van der Waals surface area contributed by atoms with Gasteiger partial charge in [0.15, 0.2) is 6.10 Å². The molecule has 0 saturated heterocycles. The lowest BCUT2D eigenvalue weighted by Gasteiger charge is -2.12. The van der Waals surface area contributed by atoms with Crippen molar-refractivity contribution in [3.8, 4) is 0 Å². The first kappa shape index (κ1) is 19.4. The second-order valence-electron chi connectivity index (χ2n) is 6.32. The van der Waals surface area contributed by atoms with Crippen molar-refractivity contribution in [3.63, 3.8) is 0 Å². The summed E-state index contributed by atoms with van der Waals surface area (Å²) in [6.07, 6.45) is 2.12. The van der Waals surface area contributed by atoms with Crippen LogP contribution in [0.4, 0.5) is 0 Å². The van der Waals surface area contributed by atoms with Crippen LogP contribution in [0.5, 0.6) is 0 Å². The van der Waals surface area contributed by atoms with Gasteiger partial charge in [0, 0.05) is 30.9 Å². The Morgan fingerprint density at radius 3 is 2.46 bits per heavy atom. The van der Waals surface area contributed by atoms with Crippen LogP contribution >= 0.6 is 0 Å². The highest BCUT2D eigenvalue weighted by atomic mass is 16.5. The Balaban J connectivity index is 1.86. The van der Waals surface area contributed by atoms with Crippen LogP contribution in [0.1, 0.15) is 35.0 Å². The van der Waals surface area contributed by atoms with E-state index in [2.05, 4.69) is 10.4 Å². The summed E-state index contributed by atoms with van der Waals surface area (Å²) in [5, 5.41) is 7.05. The largest absolute Gasteiger partial charge is 0.449 e. The van der Waals surface area contributed by atoms with E-state index in [1.54, 1.807) is 17.7 Å². The Hall–Kier alpha value is -2.89. The lowest BCUT2D eigenvalue weighted by Crippen LogP contribution is -2.35. The van der Waals surface area contributed by atoms with E-state index in [1.165, 1.54) is 6.08 Å². The monoisotopic (exact) mass is 355 g/mol. The van der Waals surface area contributed by atoms with Gasteiger partial charge in [-0.2, -0.15) is 5.10 Å². The SMILES string of the molecule is Cc1ccc(CNC(=O)[C@@H](C)OC(=O)/C=C/c2c(C)nn(C)c2C)cc1. The molecule has 138 valence electrons. The smallest absolute Gasteiger partial charge is 0.331 e. The number of hydrogen-bond donors (Lipinski definition) is 1. The molecule has 0 aliphatic heterocycles. The minimum Gasteiger partial charge on any atom is -0.449 e. The quantitative estimate of drug-likeness (QED) is 0.638. The van der Waals surface area contributed by atoms with Gasteiger partial charge >= 0.3 is 5.97 Å². The fourth-order valence-corrected chi connectivity index (χ4v) is 2.49. The molecule has 1 aromatic carbocycles. The molecule has 1 aromatic heterocycles. The minimum absolute atomic E-state index is 0.332. The average molecular weight is 355 g/mol. The number of nitrogens with one attached hydrogen (secondary N) is 1. The Bertz CT molecular complexity index is 820. The Morgan fingerprint density at radius 1 is 1.23 bits per heavy atom. The third-order valence-corrected chi connectivity index (χ3v) is 4.20. The third-order valence-electron chi connectivity index (χ3n) is 4.20. The summed E-state index contributed by atoms with van der Waals surface area (Å²) in [6.45, 7) is 7.75. The zero-order valence-electron chi connectivity index (χ0n) is 15.9. The molecule has 1 amide bonds. The first-order valence-electron chi connectivity index (χ1n) is 8.50. The van der Waals surface area contributed by atoms with Gasteiger partial charge in [-0.3, -0.25) is 9.48 Å². The van der Waals surface area contributed by atoms with Gasteiger partial charge in [0.25, 0.3) is 5.91 Å². The Kier molecular flexibility index (Phi) is 6.33. The summed E-state index contributed by atoms with van der Waals surface area (Å²) >= 11 is 0. The molecule has 0 radical (unpaired) electrons. The molecular formula is C20H25N3O3. The molecule has 0 bridgehead atoms. The number of esters is 1. The Labute approximate surface area is 153 Å². The highest BCUT2D eigenvalue weighted by Gasteiger charge is 2.16. The van der Waals surface area contributed by atoms with Crippen LogP contribution in [-0.4, -0.2) is 27.8 Å². The van der Waals surface area contributed by atoms with Crippen LogP contribution < -0.4 is 5.32 Å². The highest BCUT2D eigenvalue weighted by molar-refractivity contribution is 5.90. The summed E-state index contributed by atoms with van der Waals surface area (Å²) in [7, 11) is 1.85. The lowest BCUT2D eigenvalue weighted by atomic mass is 10.1. The first-order valence-corrected chi connectivity index (χ1v) is 8.50. The number of ether oxygens (including phenoxy) is 1. The number of benzene rings is 1. The van der Waals surface area contributed by atoms with Crippen molar-refractivity contribution < 1.29 is 14.3 Å². The van der Waals surface area contributed by atoms with Crippen LogP contribution in [0.25, 0.3) is 6.08 Å². The number of carbonyl (C=O) groups is 2. The predicted molar refractivity (Wildman–Crippen MR) is 100 cm³/mol. The molecule has 0 saturated carbocycles. The van der Waals surface area contributed by atoms with Gasteiger partial charge in [0.2, 0.25) is 0 Å². The van der Waals surface area contributed by atoms with Crippen molar-refractivity contribution in [1.82, 2.24) is 15.1 Å². The molecule has 6 nitrogen and oxygen atoms in total. The molecule has 26 heavy (non-hydrogen) atoms. The van der Waals surface area contributed by atoms with E-state index in [-0.39, 0.29) is 5.91 Å². The molecule has 1 N–H and O–H groups in total. The maximum Gasteiger partial charge on any atom is 0.331 e. The van der Waals surface area contributed by atoms with Crippen molar-refractivity contribution >= 4 is 18.0 Å². The average Bonchev–Trinajstić information content (AvgIpc) is 2.84. The van der Waals surface area contributed by atoms with E-state index >= 15 is 0 Å². The van der Waals surface area contributed by atoms with E-state index in [9.17, 15) is 9.59 Å². The number of amides is 1. The lowest BCUT2D eigenvalue weighted by molar-refractivity contribution is -0.150. The topological polar surface area (TPSA) is 73.2 Å². The van der Waals surface area contributed by atoms with E-state index in [0.29, 0.717) is 6.54 Å². The molecule has 0 aliphatic carbocycles. The maximum atomic E-state index is 12.1. The van der Waals surface area contributed by atoms with Crippen LogP contribution in [0.15, 0.2) is 30.3 Å². The normalized spacial score (nSPS) is 12.2. The molecule has 6 heteroatoms. The molecule has 0 spiro atoms. The van der Waals surface area contributed by atoms with Gasteiger partial charge in [-0.1, -0.05) is 29.8 Å². The number of nitrogens with zero attached hydrogens (tertiary/aromatic N) is 2. The van der Waals surface area contributed by atoms with Gasteiger partial charge in [0.1, 0.15) is 0 Å². The molecule has 0 aliphatic rings. The van der Waals surface area contributed by atoms with Gasteiger partial charge in [-0.05, 0) is 39.3 Å². The van der Waals surface area contributed by atoms with Crippen LogP contribution in [0, 0.1) is 20.8 Å². The molecular weight excluding hydrogens is 330 g/mol. The van der Waals surface area contributed by atoms with Crippen LogP contribution in [0.3, 0.4) is 0 Å². The summed E-state index contributed by atoms with van der Waals surface area (Å²) in [4.78, 5) is 24.0. The predicted octanol–water partition coefficient (Wildman–Crippen LogP) is 2.61. The highest BCUT2D eigenvalue weighted by Crippen LogP contribution is 2.13. The second-order valence-corrected chi connectivity index (χ2v) is 6.32. The molecule has 1 atom stereocenters. The van der Waals surface area contributed by atoms with E-state index < -0.39 is 12.1 Å². The zero-order chi connectivity index (χ0) is 19.3. The van der Waals surface area contributed by atoms with Crippen molar-refractivity contribution in [2.24, 2.45) is 7.05 Å². The molecule has 2 aromatic rings. The number of hydrogen-bond acceptors (Lipinski definition) is 4. The van der Waals surface area contributed by atoms with Gasteiger partial charge < -0.3 is 10.1 Å². The van der Waals surface area contributed by atoms with Crippen molar-refractivity contribution in [3.05, 3.63) is 58.4 Å². The molecule has 0 fully saturated rings. The number of rotatable bonds is 6. The van der Waals surface area contributed by atoms with Gasteiger partial charge in [-0.25, -0.2) is 4.79 Å². The Morgan fingerprint density at radius 2 is 1.88 bits per heavy atom. The van der Waals surface area contributed by atoms with Crippen molar-refractivity contribution in [1.29, 1.82) is 0 Å². The van der Waals surface area contributed by atoms with E-state index in [1.807, 2.05) is 52.1 Å². The van der Waals surface area contributed by atoms with Crippen LogP contribution in [-0.2, 0) is 27.9 Å². The standard InChI is InChI=1S/C20H25N3O3/c1-13-6-8-17(9-7-13)12-21-20(25)16(4)26-19(24)11-10-18-14(2)22-23(5)15(18)3/h6-11,16H,12H2,1-5H3,(H,21,25)/b11-10+/t16-/m1/s1. The molecule has 2 rings (SSSR count). The zero-order valence-corrected chi connectivity index (χ0v) is 15.9. The third kappa shape index (κ3) is 5.05. The summed E-state index contributed by atoms with van der Waals surface area (Å²) in [5.74, 6) is -0.897. The van der Waals surface area contributed by atoms with E-state index in [4.69, 9.17) is 4.74 Å². The fraction of sp³-hybridized carbons (Fsp3) is 0.350. The van der Waals surface area contributed by atoms with Crippen molar-refractivity contribution in [2.45, 2.75) is 40.3 Å². The van der Waals surface area contributed by atoms with Gasteiger partial charge in [0.05, 0.1) is 5.69 Å². The number of aryl methyl sites for hydroxylation is 3. The number of carbonyl (C=O) groups excluding carboxylic acids is 2. The minimum atomic E-state index is -0.867. The van der Waals surface area contributed by atoms with Gasteiger partial charge in [-0.15, -0.1) is 0 Å². The van der Waals surface area contributed by atoms with E-state index in [0.717, 1.165) is 28.1 Å². The first-order chi connectivity index (χ1) is 12.3. The number of aromatic nitrogens is 2. The van der Waals surface area contributed by atoms with Crippen LogP contribution in [0.2, 0.25) is 0 Å². The summed E-state index contributed by atoms with van der Waals surface area (Å²) < 4.78 is 6.91. The maximum absolute atomic E-state index is 12.1. The van der Waals surface area contributed by atoms with Crippen molar-refractivity contribution in [2.75, 3.05) is 0 Å².